The third-order valence-electron chi connectivity index (χ3n) is 3.05. The molecule has 2 rings (SSSR count). The Kier molecular flexibility index (Phi) is 4.85. The molecule has 2 N–H and O–H groups in total. The molecule has 5 heteroatoms. The number of para-hydroxylation sites is 1. The molecule has 0 unspecified atom stereocenters. The molecule has 1 aromatic heterocycles. The molecule has 0 aliphatic carbocycles. The molecule has 0 radical (unpaired) electrons. The lowest BCUT2D eigenvalue weighted by atomic mass is 10.3. The van der Waals surface area contributed by atoms with E-state index in [0.717, 1.165) is 30.0 Å². The highest BCUT2D eigenvalue weighted by molar-refractivity contribution is 7.80. The van der Waals surface area contributed by atoms with Gasteiger partial charge in [-0.15, -0.1) is 11.3 Å². The van der Waals surface area contributed by atoms with Gasteiger partial charge in [-0.05, 0) is 26.0 Å². The summed E-state index contributed by atoms with van der Waals surface area (Å²) in [6, 6.07) is 8.72. The lowest BCUT2D eigenvalue weighted by molar-refractivity contribution is 0.219. The second kappa shape index (κ2) is 6.41. The van der Waals surface area contributed by atoms with Crippen molar-refractivity contribution in [2.75, 3.05) is 6.54 Å². The number of thiazole rings is 1. The maximum absolute atomic E-state index is 5.59. The summed E-state index contributed by atoms with van der Waals surface area (Å²) in [5.74, 6) is 0. The van der Waals surface area contributed by atoms with Crippen LogP contribution in [-0.4, -0.2) is 27.5 Å². The first-order valence-corrected chi connectivity index (χ1v) is 7.65. The first kappa shape index (κ1) is 14.4. The quantitative estimate of drug-likeness (QED) is 0.831. The van der Waals surface area contributed by atoms with Gasteiger partial charge in [-0.3, -0.25) is 4.90 Å². The topological polar surface area (TPSA) is 42.1 Å². The zero-order valence-corrected chi connectivity index (χ0v) is 12.9. The van der Waals surface area contributed by atoms with Crippen LogP contribution in [0.2, 0.25) is 0 Å². The summed E-state index contributed by atoms with van der Waals surface area (Å²) < 4.78 is 1.25. The predicted octanol–water partition coefficient (Wildman–Crippen LogP) is 3.18. The highest BCUT2D eigenvalue weighted by Gasteiger charge is 2.13. The van der Waals surface area contributed by atoms with Crippen LogP contribution in [0.3, 0.4) is 0 Å². The van der Waals surface area contributed by atoms with Gasteiger partial charge in [0.25, 0.3) is 0 Å². The summed E-state index contributed by atoms with van der Waals surface area (Å²) in [6.45, 7) is 6.13. The van der Waals surface area contributed by atoms with Crippen molar-refractivity contribution in [3.8, 4) is 0 Å². The summed E-state index contributed by atoms with van der Waals surface area (Å²) in [5, 5.41) is 1.15. The molecule has 2 aromatic rings. The van der Waals surface area contributed by atoms with E-state index in [0.29, 0.717) is 11.0 Å². The number of benzene rings is 1. The smallest absolute Gasteiger partial charge is 0.108 e. The Morgan fingerprint density at radius 3 is 2.79 bits per heavy atom. The van der Waals surface area contributed by atoms with E-state index in [1.165, 1.54) is 4.70 Å². The van der Waals surface area contributed by atoms with Crippen molar-refractivity contribution in [1.82, 2.24) is 9.88 Å². The fourth-order valence-electron chi connectivity index (χ4n) is 1.93. The Labute approximate surface area is 123 Å². The Morgan fingerprint density at radius 1 is 1.42 bits per heavy atom. The van der Waals surface area contributed by atoms with Crippen molar-refractivity contribution in [3.63, 3.8) is 0 Å². The maximum atomic E-state index is 5.59. The van der Waals surface area contributed by atoms with E-state index >= 15 is 0 Å². The van der Waals surface area contributed by atoms with Gasteiger partial charge in [0.2, 0.25) is 0 Å². The molecule has 0 aliphatic rings. The van der Waals surface area contributed by atoms with E-state index in [1.54, 1.807) is 11.3 Å². The summed E-state index contributed by atoms with van der Waals surface area (Å²) in [5.41, 5.74) is 6.67. The van der Waals surface area contributed by atoms with E-state index in [1.807, 2.05) is 6.07 Å². The Morgan fingerprint density at radius 2 is 2.16 bits per heavy atom. The second-order valence-electron chi connectivity index (χ2n) is 4.86. The lowest BCUT2D eigenvalue weighted by Crippen LogP contribution is -2.33. The number of fused-ring (bicyclic) bond motifs is 1. The Bertz CT molecular complexity index is 530. The first-order chi connectivity index (χ1) is 9.06. The number of aromatic nitrogens is 1. The molecule has 0 saturated heterocycles. The monoisotopic (exact) mass is 293 g/mol. The third kappa shape index (κ3) is 3.96. The van der Waals surface area contributed by atoms with Gasteiger partial charge in [0.05, 0.1) is 21.7 Å². The Balaban J connectivity index is 2.09. The average Bonchev–Trinajstić information content (AvgIpc) is 2.76. The van der Waals surface area contributed by atoms with E-state index < -0.39 is 0 Å². The van der Waals surface area contributed by atoms with Crippen LogP contribution in [0.4, 0.5) is 0 Å². The molecule has 19 heavy (non-hydrogen) atoms. The van der Waals surface area contributed by atoms with Gasteiger partial charge in [0, 0.05) is 19.0 Å². The van der Waals surface area contributed by atoms with E-state index in [9.17, 15) is 0 Å². The predicted molar refractivity (Wildman–Crippen MR) is 86.6 cm³/mol. The van der Waals surface area contributed by atoms with Crippen LogP contribution in [0.15, 0.2) is 24.3 Å². The normalized spacial score (nSPS) is 11.6. The molecule has 3 nitrogen and oxygen atoms in total. The highest BCUT2D eigenvalue weighted by Crippen LogP contribution is 2.23. The molecular formula is C14H19N3S2. The van der Waals surface area contributed by atoms with E-state index in [-0.39, 0.29) is 0 Å². The largest absolute Gasteiger partial charge is 0.393 e. The van der Waals surface area contributed by atoms with E-state index in [2.05, 4.69) is 41.9 Å². The Hall–Kier alpha value is -1.04. The number of rotatable bonds is 6. The minimum absolute atomic E-state index is 0.460. The number of thiocarbonyl (C=S) groups is 1. The molecule has 1 aromatic carbocycles. The van der Waals surface area contributed by atoms with Crippen LogP contribution in [0, 0.1) is 0 Å². The van der Waals surface area contributed by atoms with Gasteiger partial charge in [0.15, 0.2) is 0 Å². The summed E-state index contributed by atoms with van der Waals surface area (Å²) >= 11 is 6.72. The average molecular weight is 293 g/mol. The first-order valence-electron chi connectivity index (χ1n) is 6.43. The number of hydrogen-bond acceptors (Lipinski definition) is 4. The standard InChI is InChI=1S/C14H19N3S2/c1-10(2)17(8-7-13(15)18)9-14-16-11-5-3-4-6-12(11)19-14/h3-6,10H,7-9H2,1-2H3,(H2,15,18). The van der Waals surface area contributed by atoms with Gasteiger partial charge in [-0.2, -0.15) is 0 Å². The number of nitrogens with two attached hydrogens (primary N) is 1. The zero-order chi connectivity index (χ0) is 13.8. The fraction of sp³-hybridized carbons (Fsp3) is 0.429. The molecule has 1 heterocycles. The summed E-state index contributed by atoms with van der Waals surface area (Å²) in [4.78, 5) is 7.61. The van der Waals surface area contributed by atoms with Crippen LogP contribution in [0.5, 0.6) is 0 Å². The van der Waals surface area contributed by atoms with Gasteiger partial charge >= 0.3 is 0 Å². The summed E-state index contributed by atoms with van der Waals surface area (Å²) in [6.07, 6.45) is 0.762. The fourth-order valence-corrected chi connectivity index (χ4v) is 3.02. The van der Waals surface area contributed by atoms with Crippen molar-refractivity contribution in [3.05, 3.63) is 29.3 Å². The number of nitrogens with zero attached hydrogens (tertiary/aromatic N) is 2. The van der Waals surface area contributed by atoms with Gasteiger partial charge < -0.3 is 5.73 Å². The van der Waals surface area contributed by atoms with Crippen molar-refractivity contribution in [1.29, 1.82) is 0 Å². The SMILES string of the molecule is CC(C)N(CCC(N)=S)Cc1nc2ccccc2s1. The summed E-state index contributed by atoms with van der Waals surface area (Å²) in [7, 11) is 0. The van der Waals surface area contributed by atoms with Crippen LogP contribution < -0.4 is 5.73 Å². The molecule has 0 amide bonds. The minimum atomic E-state index is 0.460. The molecule has 0 spiro atoms. The molecule has 102 valence electrons. The van der Waals surface area contributed by atoms with Gasteiger partial charge in [-0.25, -0.2) is 4.98 Å². The molecule has 0 bridgehead atoms. The molecule has 0 fully saturated rings. The lowest BCUT2D eigenvalue weighted by Gasteiger charge is -2.25. The second-order valence-corrected chi connectivity index (χ2v) is 6.50. The molecule has 0 aliphatic heterocycles. The van der Waals surface area contributed by atoms with Gasteiger partial charge in [-0.1, -0.05) is 24.4 Å². The van der Waals surface area contributed by atoms with Crippen molar-refractivity contribution < 1.29 is 0 Å². The highest BCUT2D eigenvalue weighted by atomic mass is 32.1. The van der Waals surface area contributed by atoms with Crippen LogP contribution in [0.25, 0.3) is 10.2 Å². The molecule has 0 saturated carbocycles. The van der Waals surface area contributed by atoms with Crippen molar-refractivity contribution in [2.24, 2.45) is 5.73 Å². The third-order valence-corrected chi connectivity index (χ3v) is 4.28. The minimum Gasteiger partial charge on any atom is -0.393 e. The van der Waals surface area contributed by atoms with Crippen LogP contribution >= 0.6 is 23.6 Å². The van der Waals surface area contributed by atoms with Crippen LogP contribution in [-0.2, 0) is 6.54 Å². The maximum Gasteiger partial charge on any atom is 0.108 e. The van der Waals surface area contributed by atoms with Crippen LogP contribution in [0.1, 0.15) is 25.3 Å². The molecule has 0 atom stereocenters. The van der Waals surface area contributed by atoms with E-state index in [4.69, 9.17) is 18.0 Å². The van der Waals surface area contributed by atoms with Gasteiger partial charge in [0.1, 0.15) is 5.01 Å². The number of hydrogen-bond donors (Lipinski definition) is 1. The zero-order valence-electron chi connectivity index (χ0n) is 11.3. The van der Waals surface area contributed by atoms with Crippen molar-refractivity contribution in [2.45, 2.75) is 32.9 Å². The van der Waals surface area contributed by atoms with Crippen molar-refractivity contribution >= 4 is 38.8 Å². The molecular weight excluding hydrogens is 274 g/mol.